The number of halogens is 5. The van der Waals surface area contributed by atoms with Crippen molar-refractivity contribution in [2.75, 3.05) is 7.11 Å². The Balaban J connectivity index is 1.68. The molecule has 0 unspecified atom stereocenters. The second-order valence-electron chi connectivity index (χ2n) is 6.95. The van der Waals surface area contributed by atoms with E-state index in [4.69, 9.17) is 27.9 Å². The number of alkyl halides is 3. The largest absolute Gasteiger partial charge is 0.497 e. The third-order valence-corrected chi connectivity index (χ3v) is 6.53. The Kier molecular flexibility index (Phi) is 6.88. The summed E-state index contributed by atoms with van der Waals surface area (Å²) < 4.78 is 45.5. The van der Waals surface area contributed by atoms with Crippen molar-refractivity contribution in [3.63, 3.8) is 0 Å². The first-order valence-corrected chi connectivity index (χ1v) is 11.3. The molecule has 4 rings (SSSR count). The van der Waals surface area contributed by atoms with E-state index in [9.17, 15) is 13.2 Å². The fraction of sp³-hybridized carbons (Fsp3) is 0.130. The fourth-order valence-corrected chi connectivity index (χ4v) is 4.29. The molecule has 10 heteroatoms. The van der Waals surface area contributed by atoms with Gasteiger partial charge < -0.3 is 4.74 Å². The van der Waals surface area contributed by atoms with Crippen molar-refractivity contribution in [2.24, 2.45) is 0 Å². The van der Waals surface area contributed by atoms with Gasteiger partial charge in [0.05, 0.1) is 28.4 Å². The molecular formula is C23H16Cl2F3N3OS. The number of hydrogen-bond acceptors (Lipinski definition) is 4. The number of methoxy groups -OCH3 is 1. The van der Waals surface area contributed by atoms with E-state index in [0.717, 1.165) is 23.3 Å². The van der Waals surface area contributed by atoms with Crippen molar-refractivity contribution in [3.8, 4) is 22.8 Å². The molecule has 0 bridgehead atoms. The zero-order valence-corrected chi connectivity index (χ0v) is 19.4. The van der Waals surface area contributed by atoms with Crippen molar-refractivity contribution >= 4 is 35.0 Å². The Hall–Kier alpha value is -2.68. The summed E-state index contributed by atoms with van der Waals surface area (Å²) in [5.74, 6) is 1.68. The van der Waals surface area contributed by atoms with Crippen LogP contribution in [-0.2, 0) is 11.9 Å². The molecule has 33 heavy (non-hydrogen) atoms. The van der Waals surface area contributed by atoms with E-state index in [0.29, 0.717) is 38.2 Å². The summed E-state index contributed by atoms with van der Waals surface area (Å²) in [5, 5.41) is 10.0. The van der Waals surface area contributed by atoms with Crippen molar-refractivity contribution in [1.82, 2.24) is 14.8 Å². The van der Waals surface area contributed by atoms with Crippen LogP contribution >= 0.6 is 35.0 Å². The fourth-order valence-electron chi connectivity index (χ4n) is 3.09. The van der Waals surface area contributed by atoms with E-state index in [-0.39, 0.29) is 0 Å². The summed E-state index contributed by atoms with van der Waals surface area (Å²) in [7, 11) is 1.59. The first kappa shape index (κ1) is 23.5. The number of rotatable bonds is 6. The van der Waals surface area contributed by atoms with Gasteiger partial charge in [-0.25, -0.2) is 0 Å². The summed E-state index contributed by atoms with van der Waals surface area (Å²) in [6.45, 7) is 0. The molecule has 0 spiro atoms. The van der Waals surface area contributed by atoms with Crippen LogP contribution in [0, 0.1) is 0 Å². The lowest BCUT2D eigenvalue weighted by molar-refractivity contribution is -0.137. The minimum Gasteiger partial charge on any atom is -0.497 e. The molecule has 0 saturated heterocycles. The van der Waals surface area contributed by atoms with Gasteiger partial charge in [-0.1, -0.05) is 47.1 Å². The lowest BCUT2D eigenvalue weighted by Gasteiger charge is -2.12. The molecule has 0 aliphatic heterocycles. The molecule has 4 nitrogen and oxygen atoms in total. The molecule has 0 amide bonds. The van der Waals surface area contributed by atoms with E-state index >= 15 is 0 Å². The molecule has 0 radical (unpaired) electrons. The number of aromatic nitrogens is 3. The second-order valence-corrected chi connectivity index (χ2v) is 8.71. The zero-order valence-electron chi connectivity index (χ0n) is 17.1. The van der Waals surface area contributed by atoms with Crippen LogP contribution in [-0.4, -0.2) is 21.9 Å². The smallest absolute Gasteiger partial charge is 0.416 e. The standard InChI is InChI=1S/C23H16Cl2F3N3OS/c1-32-18-9-4-15(5-10-18)21-29-30-22(31(21)17-8-11-19(24)20(25)12-17)33-13-14-2-6-16(7-3-14)23(26,27)28/h2-12H,13H2,1H3. The minimum absolute atomic E-state index is 0.377. The lowest BCUT2D eigenvalue weighted by atomic mass is 10.1. The number of nitrogens with zero attached hydrogens (tertiary/aromatic N) is 3. The van der Waals surface area contributed by atoms with E-state index < -0.39 is 11.7 Å². The number of benzene rings is 3. The van der Waals surface area contributed by atoms with Crippen LogP contribution in [0.15, 0.2) is 71.9 Å². The molecule has 1 aromatic heterocycles. The van der Waals surface area contributed by atoms with Gasteiger partial charge in [0.1, 0.15) is 5.75 Å². The van der Waals surface area contributed by atoms with E-state index in [1.807, 2.05) is 28.8 Å². The summed E-state index contributed by atoms with van der Waals surface area (Å²) >= 11 is 13.7. The van der Waals surface area contributed by atoms with Gasteiger partial charge in [-0.05, 0) is 60.2 Å². The molecule has 4 aromatic rings. The van der Waals surface area contributed by atoms with E-state index in [1.165, 1.54) is 23.9 Å². The lowest BCUT2D eigenvalue weighted by Crippen LogP contribution is -2.04. The Morgan fingerprint density at radius 2 is 1.61 bits per heavy atom. The van der Waals surface area contributed by atoms with Crippen LogP contribution in [0.1, 0.15) is 11.1 Å². The van der Waals surface area contributed by atoms with Gasteiger partial charge in [0.2, 0.25) is 0 Å². The van der Waals surface area contributed by atoms with Crippen molar-refractivity contribution in [1.29, 1.82) is 0 Å². The van der Waals surface area contributed by atoms with Crippen LogP contribution in [0.3, 0.4) is 0 Å². The third-order valence-electron chi connectivity index (χ3n) is 4.79. The Bertz CT molecular complexity index is 1260. The molecule has 0 saturated carbocycles. The maximum atomic E-state index is 12.8. The predicted octanol–water partition coefficient (Wildman–Crippen LogP) is 7.56. The summed E-state index contributed by atoms with van der Waals surface area (Å²) in [6.07, 6.45) is -4.37. The molecular weight excluding hydrogens is 494 g/mol. The Morgan fingerprint density at radius 3 is 2.21 bits per heavy atom. The average molecular weight is 510 g/mol. The highest BCUT2D eigenvalue weighted by molar-refractivity contribution is 7.98. The molecule has 0 fully saturated rings. The Labute approximate surface area is 202 Å². The zero-order chi connectivity index (χ0) is 23.6. The first-order chi connectivity index (χ1) is 15.8. The molecule has 0 aliphatic carbocycles. The van der Waals surface area contributed by atoms with Crippen LogP contribution in [0.2, 0.25) is 10.0 Å². The van der Waals surface area contributed by atoms with E-state index in [1.54, 1.807) is 25.3 Å². The van der Waals surface area contributed by atoms with Crippen LogP contribution < -0.4 is 4.74 Å². The predicted molar refractivity (Wildman–Crippen MR) is 124 cm³/mol. The van der Waals surface area contributed by atoms with Crippen LogP contribution in [0.5, 0.6) is 5.75 Å². The normalized spacial score (nSPS) is 11.6. The van der Waals surface area contributed by atoms with Gasteiger partial charge in [-0.15, -0.1) is 10.2 Å². The maximum absolute atomic E-state index is 12.8. The maximum Gasteiger partial charge on any atom is 0.416 e. The van der Waals surface area contributed by atoms with Crippen LogP contribution in [0.25, 0.3) is 17.1 Å². The average Bonchev–Trinajstić information content (AvgIpc) is 3.23. The van der Waals surface area contributed by atoms with Crippen molar-refractivity contribution in [3.05, 3.63) is 87.9 Å². The number of ether oxygens (including phenoxy) is 1. The molecule has 0 aliphatic rings. The molecule has 170 valence electrons. The number of hydrogen-bond donors (Lipinski definition) is 0. The summed E-state index contributed by atoms with van der Waals surface area (Å²) in [4.78, 5) is 0. The topological polar surface area (TPSA) is 39.9 Å². The SMILES string of the molecule is COc1ccc(-c2nnc(SCc3ccc(C(F)(F)F)cc3)n2-c2ccc(Cl)c(Cl)c2)cc1. The highest BCUT2D eigenvalue weighted by atomic mass is 35.5. The first-order valence-electron chi connectivity index (χ1n) is 9.60. The van der Waals surface area contributed by atoms with Gasteiger partial charge in [-0.3, -0.25) is 4.57 Å². The van der Waals surface area contributed by atoms with Crippen LogP contribution in [0.4, 0.5) is 13.2 Å². The van der Waals surface area contributed by atoms with Gasteiger partial charge in [-0.2, -0.15) is 13.2 Å². The number of thioether (sulfide) groups is 1. The second kappa shape index (κ2) is 9.67. The van der Waals surface area contributed by atoms with Gasteiger partial charge >= 0.3 is 6.18 Å². The summed E-state index contributed by atoms with van der Waals surface area (Å²) in [6, 6.07) is 17.6. The quantitative estimate of drug-likeness (QED) is 0.251. The van der Waals surface area contributed by atoms with Crippen molar-refractivity contribution in [2.45, 2.75) is 17.1 Å². The minimum atomic E-state index is -4.37. The van der Waals surface area contributed by atoms with Gasteiger partial charge in [0.25, 0.3) is 0 Å². The molecule has 1 heterocycles. The van der Waals surface area contributed by atoms with Crippen molar-refractivity contribution < 1.29 is 17.9 Å². The highest BCUT2D eigenvalue weighted by Crippen LogP contribution is 2.34. The molecule has 3 aromatic carbocycles. The monoisotopic (exact) mass is 509 g/mol. The summed E-state index contributed by atoms with van der Waals surface area (Å²) in [5.41, 5.74) is 1.55. The van der Waals surface area contributed by atoms with Gasteiger partial charge in [0.15, 0.2) is 11.0 Å². The molecule has 0 N–H and O–H groups in total. The Morgan fingerprint density at radius 1 is 0.909 bits per heavy atom. The highest BCUT2D eigenvalue weighted by Gasteiger charge is 2.30. The molecule has 0 atom stereocenters. The third kappa shape index (κ3) is 5.29. The van der Waals surface area contributed by atoms with E-state index in [2.05, 4.69) is 10.2 Å². The van der Waals surface area contributed by atoms with Gasteiger partial charge in [0, 0.05) is 11.3 Å².